The summed E-state index contributed by atoms with van der Waals surface area (Å²) in [6.45, 7) is 0. The van der Waals surface area contributed by atoms with Crippen molar-refractivity contribution >= 4 is 6.29 Å². The van der Waals surface area contributed by atoms with Crippen molar-refractivity contribution in [1.82, 2.24) is 4.57 Å². The maximum Gasteiger partial charge on any atom is 0.166 e. The van der Waals surface area contributed by atoms with Crippen molar-refractivity contribution in [3.8, 4) is 0 Å². The van der Waals surface area contributed by atoms with Crippen LogP contribution in [0, 0.1) is 0 Å². The van der Waals surface area contributed by atoms with Gasteiger partial charge in [0, 0.05) is 12.7 Å². The van der Waals surface area contributed by atoms with Gasteiger partial charge in [0.15, 0.2) is 6.29 Å². The molecule has 2 nitrogen and oxygen atoms in total. The van der Waals surface area contributed by atoms with Crippen molar-refractivity contribution in [1.29, 1.82) is 0 Å². The molecule has 0 unspecified atom stereocenters. The minimum absolute atomic E-state index is 0.683. The highest BCUT2D eigenvalue weighted by Gasteiger charge is 2.18. The van der Waals surface area contributed by atoms with Crippen LogP contribution in [-0.2, 0) is 7.05 Å². The number of hydrogen-bond donors (Lipinski definition) is 0. The number of rotatable bonds is 2. The molecule has 14 heavy (non-hydrogen) atoms. The Hall–Kier alpha value is -1.05. The molecule has 0 N–H and O–H groups in total. The number of carbonyl (C=O) groups excluding carboxylic acids is 1. The van der Waals surface area contributed by atoms with Gasteiger partial charge in [-0.2, -0.15) is 0 Å². The molecule has 1 fully saturated rings. The number of aldehydes is 1. The number of hydrogen-bond acceptors (Lipinski definition) is 1. The maximum absolute atomic E-state index is 10.7. The number of carbonyl (C=O) groups is 1. The topological polar surface area (TPSA) is 22.0 Å². The normalized spacial score (nSPS) is 18.4. The Morgan fingerprint density at radius 1 is 1.29 bits per heavy atom. The second-order valence-corrected chi connectivity index (χ2v) is 4.19. The van der Waals surface area contributed by atoms with Crippen LogP contribution < -0.4 is 0 Å². The third kappa shape index (κ3) is 1.61. The van der Waals surface area contributed by atoms with Gasteiger partial charge in [-0.25, -0.2) is 0 Å². The van der Waals surface area contributed by atoms with Gasteiger partial charge >= 0.3 is 0 Å². The van der Waals surface area contributed by atoms with Crippen molar-refractivity contribution in [3.05, 3.63) is 23.5 Å². The molecule has 0 spiro atoms. The molecule has 1 aliphatic carbocycles. The van der Waals surface area contributed by atoms with Gasteiger partial charge in [-0.3, -0.25) is 4.79 Å². The largest absolute Gasteiger partial charge is 0.345 e. The minimum Gasteiger partial charge on any atom is -0.345 e. The minimum atomic E-state index is 0.683. The molecule has 1 heterocycles. The first-order valence-electron chi connectivity index (χ1n) is 5.43. The number of aromatic nitrogens is 1. The second kappa shape index (κ2) is 3.99. The third-order valence-corrected chi connectivity index (χ3v) is 3.34. The van der Waals surface area contributed by atoms with Crippen LogP contribution in [0.25, 0.3) is 0 Å². The van der Waals surface area contributed by atoms with Crippen molar-refractivity contribution < 1.29 is 4.79 Å². The van der Waals surface area contributed by atoms with Crippen LogP contribution in [0.1, 0.15) is 54.2 Å². The fraction of sp³-hybridized carbons (Fsp3) is 0.583. The standard InChI is InChI=1S/C12H17NO/c1-13-11(9-14)7-8-12(13)10-5-3-2-4-6-10/h7-10H,2-6H2,1H3. The van der Waals surface area contributed by atoms with E-state index in [-0.39, 0.29) is 0 Å². The Labute approximate surface area is 84.9 Å². The van der Waals surface area contributed by atoms with Gasteiger partial charge < -0.3 is 4.57 Å². The molecule has 0 radical (unpaired) electrons. The van der Waals surface area contributed by atoms with Crippen LogP contribution in [0.15, 0.2) is 12.1 Å². The van der Waals surface area contributed by atoms with E-state index in [2.05, 4.69) is 6.07 Å². The highest BCUT2D eigenvalue weighted by molar-refractivity contribution is 5.72. The van der Waals surface area contributed by atoms with E-state index in [4.69, 9.17) is 0 Å². The van der Waals surface area contributed by atoms with Crippen molar-refractivity contribution in [3.63, 3.8) is 0 Å². The first-order valence-corrected chi connectivity index (χ1v) is 5.43. The van der Waals surface area contributed by atoms with Crippen LogP contribution in [0.3, 0.4) is 0 Å². The van der Waals surface area contributed by atoms with Crippen molar-refractivity contribution in [2.24, 2.45) is 7.05 Å². The van der Waals surface area contributed by atoms with E-state index < -0.39 is 0 Å². The molecule has 0 aliphatic heterocycles. The van der Waals surface area contributed by atoms with Crippen LogP contribution in [0.2, 0.25) is 0 Å². The summed E-state index contributed by atoms with van der Waals surface area (Å²) in [4.78, 5) is 10.7. The first-order chi connectivity index (χ1) is 6.83. The quantitative estimate of drug-likeness (QED) is 0.659. The van der Waals surface area contributed by atoms with Crippen molar-refractivity contribution in [2.75, 3.05) is 0 Å². The monoisotopic (exact) mass is 191 g/mol. The highest BCUT2D eigenvalue weighted by Crippen LogP contribution is 2.32. The summed E-state index contributed by atoms with van der Waals surface area (Å²) in [5.41, 5.74) is 2.14. The van der Waals surface area contributed by atoms with Gasteiger partial charge in [-0.1, -0.05) is 19.3 Å². The molecule has 0 bridgehead atoms. The van der Waals surface area contributed by atoms with Gasteiger partial charge in [-0.05, 0) is 30.9 Å². The number of nitrogens with zero attached hydrogens (tertiary/aromatic N) is 1. The molecular weight excluding hydrogens is 174 g/mol. The molecular formula is C12H17NO. The molecule has 2 rings (SSSR count). The summed E-state index contributed by atoms with van der Waals surface area (Å²) in [5, 5.41) is 0. The summed E-state index contributed by atoms with van der Waals surface area (Å²) in [7, 11) is 1.99. The molecule has 0 saturated heterocycles. The smallest absolute Gasteiger partial charge is 0.166 e. The summed E-state index contributed by atoms with van der Waals surface area (Å²) < 4.78 is 2.04. The van der Waals surface area contributed by atoms with Crippen LogP contribution in [0.4, 0.5) is 0 Å². The fourth-order valence-corrected chi connectivity index (χ4v) is 2.47. The van der Waals surface area contributed by atoms with Gasteiger partial charge in [0.05, 0.1) is 5.69 Å². The summed E-state index contributed by atoms with van der Waals surface area (Å²) in [6, 6.07) is 4.04. The fourth-order valence-electron chi connectivity index (χ4n) is 2.47. The molecule has 1 aliphatic rings. The Morgan fingerprint density at radius 2 is 2.00 bits per heavy atom. The second-order valence-electron chi connectivity index (χ2n) is 4.19. The molecule has 0 amide bonds. The van der Waals surface area contributed by atoms with Gasteiger partial charge in [-0.15, -0.1) is 0 Å². The molecule has 76 valence electrons. The maximum atomic E-state index is 10.7. The Morgan fingerprint density at radius 3 is 2.57 bits per heavy atom. The molecule has 1 saturated carbocycles. The van der Waals surface area contributed by atoms with E-state index in [9.17, 15) is 4.79 Å². The van der Waals surface area contributed by atoms with E-state index in [0.717, 1.165) is 12.0 Å². The van der Waals surface area contributed by atoms with E-state index in [0.29, 0.717) is 5.92 Å². The average molecular weight is 191 g/mol. The Bertz CT molecular complexity index is 321. The van der Waals surface area contributed by atoms with Crippen LogP contribution >= 0.6 is 0 Å². The molecule has 1 aromatic rings. The molecule has 0 atom stereocenters. The predicted molar refractivity (Wildman–Crippen MR) is 56.6 cm³/mol. The van der Waals surface area contributed by atoms with E-state index in [1.54, 1.807) is 0 Å². The van der Waals surface area contributed by atoms with Crippen LogP contribution in [-0.4, -0.2) is 10.9 Å². The Balaban J connectivity index is 2.22. The lowest BCUT2D eigenvalue weighted by Gasteiger charge is -2.22. The molecule has 1 aromatic heterocycles. The van der Waals surface area contributed by atoms with E-state index in [1.807, 2.05) is 17.7 Å². The lowest BCUT2D eigenvalue weighted by Crippen LogP contribution is -2.09. The predicted octanol–water partition coefficient (Wildman–Crippen LogP) is 2.89. The third-order valence-electron chi connectivity index (χ3n) is 3.34. The van der Waals surface area contributed by atoms with E-state index in [1.165, 1.54) is 37.8 Å². The SMILES string of the molecule is Cn1c(C=O)ccc1C1CCCCC1. The zero-order chi connectivity index (χ0) is 9.97. The van der Waals surface area contributed by atoms with Gasteiger partial charge in [0.1, 0.15) is 0 Å². The summed E-state index contributed by atoms with van der Waals surface area (Å²) in [5.74, 6) is 0.683. The van der Waals surface area contributed by atoms with Gasteiger partial charge in [0.2, 0.25) is 0 Å². The lowest BCUT2D eigenvalue weighted by molar-refractivity contribution is 0.111. The summed E-state index contributed by atoms with van der Waals surface area (Å²) >= 11 is 0. The Kier molecular flexibility index (Phi) is 2.71. The van der Waals surface area contributed by atoms with Gasteiger partial charge in [0.25, 0.3) is 0 Å². The average Bonchev–Trinajstić information content (AvgIpc) is 2.61. The van der Waals surface area contributed by atoms with E-state index >= 15 is 0 Å². The lowest BCUT2D eigenvalue weighted by atomic mass is 9.87. The zero-order valence-corrected chi connectivity index (χ0v) is 8.70. The van der Waals surface area contributed by atoms with Crippen LogP contribution in [0.5, 0.6) is 0 Å². The first kappa shape index (κ1) is 9.50. The zero-order valence-electron chi connectivity index (χ0n) is 8.70. The summed E-state index contributed by atoms with van der Waals surface area (Å²) in [6.07, 6.45) is 7.57. The van der Waals surface area contributed by atoms with Crippen molar-refractivity contribution in [2.45, 2.75) is 38.0 Å². The molecule has 2 heteroatoms. The highest BCUT2D eigenvalue weighted by atomic mass is 16.1. The molecule has 0 aromatic carbocycles.